The normalized spacial score (nSPS) is 30.4. The fourth-order valence-corrected chi connectivity index (χ4v) is 2.71. The van der Waals surface area contributed by atoms with Crippen LogP contribution < -0.4 is 0 Å². The molecular weight excluding hydrogens is 172 g/mol. The van der Waals surface area contributed by atoms with Gasteiger partial charge in [0.2, 0.25) is 0 Å². The summed E-state index contributed by atoms with van der Waals surface area (Å²) in [5.41, 5.74) is 0. The number of hydrogen-bond donors (Lipinski definition) is 0. The standard InChI is InChI=1S/C13H22O/c1-3-7-12-8-5-6-9-13(12)11(4-2)10-14/h3,7,10-13H,4-6,8-9H2,1-2H3/b7-3+. The molecule has 0 radical (unpaired) electrons. The smallest absolute Gasteiger partial charge is 0.123 e. The number of rotatable bonds is 4. The molecule has 0 N–H and O–H groups in total. The number of carbonyl (C=O) groups excluding carboxylic acids is 1. The molecule has 1 saturated carbocycles. The topological polar surface area (TPSA) is 17.1 Å². The Morgan fingerprint density at radius 2 is 2.07 bits per heavy atom. The van der Waals surface area contributed by atoms with E-state index in [1.807, 2.05) is 0 Å². The summed E-state index contributed by atoms with van der Waals surface area (Å²) in [4.78, 5) is 11.0. The number of allylic oxidation sites excluding steroid dienone is 2. The second-order valence-corrected chi connectivity index (χ2v) is 4.35. The second-order valence-electron chi connectivity index (χ2n) is 4.35. The highest BCUT2D eigenvalue weighted by Gasteiger charge is 2.28. The fraction of sp³-hybridized carbons (Fsp3) is 0.769. The summed E-state index contributed by atoms with van der Waals surface area (Å²) in [7, 11) is 0. The van der Waals surface area contributed by atoms with Gasteiger partial charge < -0.3 is 4.79 Å². The maximum absolute atomic E-state index is 11.0. The van der Waals surface area contributed by atoms with Crippen LogP contribution in [0.4, 0.5) is 0 Å². The van der Waals surface area contributed by atoms with Gasteiger partial charge in [0.15, 0.2) is 0 Å². The Hall–Kier alpha value is -0.590. The van der Waals surface area contributed by atoms with Gasteiger partial charge in [0.1, 0.15) is 6.29 Å². The summed E-state index contributed by atoms with van der Waals surface area (Å²) in [5.74, 6) is 1.56. The Balaban J connectivity index is 2.65. The van der Waals surface area contributed by atoms with Gasteiger partial charge in [-0.05, 0) is 38.0 Å². The van der Waals surface area contributed by atoms with Crippen molar-refractivity contribution in [2.75, 3.05) is 0 Å². The molecule has 0 spiro atoms. The lowest BCUT2D eigenvalue weighted by molar-refractivity contribution is -0.113. The molecule has 1 rings (SSSR count). The predicted octanol–water partition coefficient (Wildman–Crippen LogP) is 3.59. The van der Waals surface area contributed by atoms with Crippen molar-refractivity contribution in [2.24, 2.45) is 17.8 Å². The van der Waals surface area contributed by atoms with E-state index in [4.69, 9.17) is 0 Å². The highest BCUT2D eigenvalue weighted by molar-refractivity contribution is 5.54. The minimum atomic E-state index is 0.288. The van der Waals surface area contributed by atoms with E-state index >= 15 is 0 Å². The van der Waals surface area contributed by atoms with Crippen LogP contribution >= 0.6 is 0 Å². The van der Waals surface area contributed by atoms with Crippen LogP contribution in [0.5, 0.6) is 0 Å². The molecule has 0 aromatic carbocycles. The molecule has 0 heterocycles. The molecule has 0 amide bonds. The summed E-state index contributed by atoms with van der Waals surface area (Å²) in [6.45, 7) is 4.20. The Morgan fingerprint density at radius 1 is 1.36 bits per heavy atom. The van der Waals surface area contributed by atoms with Crippen LogP contribution in [0, 0.1) is 17.8 Å². The van der Waals surface area contributed by atoms with Crippen molar-refractivity contribution in [1.29, 1.82) is 0 Å². The van der Waals surface area contributed by atoms with Gasteiger partial charge in [0.05, 0.1) is 0 Å². The molecule has 1 aliphatic carbocycles. The molecule has 1 aliphatic rings. The number of aldehydes is 1. The molecule has 14 heavy (non-hydrogen) atoms. The minimum Gasteiger partial charge on any atom is -0.303 e. The zero-order valence-electron chi connectivity index (χ0n) is 9.41. The molecular formula is C13H22O. The van der Waals surface area contributed by atoms with E-state index in [9.17, 15) is 4.79 Å². The van der Waals surface area contributed by atoms with E-state index in [1.54, 1.807) is 0 Å². The van der Waals surface area contributed by atoms with Gasteiger partial charge in [-0.25, -0.2) is 0 Å². The molecule has 0 aromatic heterocycles. The zero-order valence-corrected chi connectivity index (χ0v) is 9.41. The Morgan fingerprint density at radius 3 is 2.64 bits per heavy atom. The lowest BCUT2D eigenvalue weighted by Crippen LogP contribution is -2.26. The van der Waals surface area contributed by atoms with Crippen LogP contribution in [0.3, 0.4) is 0 Å². The molecule has 3 unspecified atom stereocenters. The Labute approximate surface area is 87.6 Å². The van der Waals surface area contributed by atoms with Crippen molar-refractivity contribution in [3.8, 4) is 0 Å². The van der Waals surface area contributed by atoms with Gasteiger partial charge in [-0.2, -0.15) is 0 Å². The third-order valence-electron chi connectivity index (χ3n) is 3.51. The minimum absolute atomic E-state index is 0.288. The van der Waals surface area contributed by atoms with Crippen molar-refractivity contribution in [1.82, 2.24) is 0 Å². The van der Waals surface area contributed by atoms with Crippen LogP contribution in [0.15, 0.2) is 12.2 Å². The van der Waals surface area contributed by atoms with Crippen LogP contribution in [-0.4, -0.2) is 6.29 Å². The van der Waals surface area contributed by atoms with E-state index in [-0.39, 0.29) is 5.92 Å². The predicted molar refractivity (Wildman–Crippen MR) is 60.1 cm³/mol. The average molecular weight is 194 g/mol. The van der Waals surface area contributed by atoms with Gasteiger partial charge in [0, 0.05) is 5.92 Å². The van der Waals surface area contributed by atoms with E-state index in [2.05, 4.69) is 26.0 Å². The van der Waals surface area contributed by atoms with E-state index < -0.39 is 0 Å². The van der Waals surface area contributed by atoms with Gasteiger partial charge in [-0.15, -0.1) is 0 Å². The van der Waals surface area contributed by atoms with Crippen molar-refractivity contribution < 1.29 is 4.79 Å². The number of hydrogen-bond acceptors (Lipinski definition) is 1. The third-order valence-corrected chi connectivity index (χ3v) is 3.51. The van der Waals surface area contributed by atoms with Crippen molar-refractivity contribution in [2.45, 2.75) is 46.0 Å². The van der Waals surface area contributed by atoms with Crippen LogP contribution in [0.1, 0.15) is 46.0 Å². The first-order chi connectivity index (χ1) is 6.83. The highest BCUT2D eigenvalue weighted by atomic mass is 16.1. The summed E-state index contributed by atoms with van der Waals surface area (Å²) < 4.78 is 0. The van der Waals surface area contributed by atoms with Crippen molar-refractivity contribution in [3.05, 3.63) is 12.2 Å². The highest BCUT2D eigenvalue weighted by Crippen LogP contribution is 2.36. The van der Waals surface area contributed by atoms with Gasteiger partial charge in [-0.3, -0.25) is 0 Å². The van der Waals surface area contributed by atoms with Crippen molar-refractivity contribution >= 4 is 6.29 Å². The molecule has 0 saturated heterocycles. The molecule has 1 fully saturated rings. The van der Waals surface area contributed by atoms with Crippen LogP contribution in [-0.2, 0) is 4.79 Å². The molecule has 1 nitrogen and oxygen atoms in total. The van der Waals surface area contributed by atoms with E-state index in [1.165, 1.54) is 32.0 Å². The van der Waals surface area contributed by atoms with Crippen molar-refractivity contribution in [3.63, 3.8) is 0 Å². The Kier molecular flexibility index (Phi) is 4.92. The fourth-order valence-electron chi connectivity index (χ4n) is 2.71. The van der Waals surface area contributed by atoms with Gasteiger partial charge in [0.25, 0.3) is 0 Å². The molecule has 3 atom stereocenters. The molecule has 1 heteroatoms. The average Bonchev–Trinajstić information content (AvgIpc) is 2.23. The summed E-state index contributed by atoms with van der Waals surface area (Å²) >= 11 is 0. The monoisotopic (exact) mass is 194 g/mol. The quantitative estimate of drug-likeness (QED) is 0.493. The summed E-state index contributed by atoms with van der Waals surface area (Å²) in [6.07, 6.45) is 11.8. The first-order valence-corrected chi connectivity index (χ1v) is 5.91. The summed E-state index contributed by atoms with van der Waals surface area (Å²) in [5, 5.41) is 0. The number of carbonyl (C=O) groups is 1. The van der Waals surface area contributed by atoms with Crippen LogP contribution in [0.25, 0.3) is 0 Å². The van der Waals surface area contributed by atoms with Gasteiger partial charge in [-0.1, -0.05) is 31.9 Å². The van der Waals surface area contributed by atoms with Gasteiger partial charge >= 0.3 is 0 Å². The second kappa shape index (κ2) is 6.00. The van der Waals surface area contributed by atoms with Crippen LogP contribution in [0.2, 0.25) is 0 Å². The first kappa shape index (κ1) is 11.5. The largest absolute Gasteiger partial charge is 0.303 e. The zero-order chi connectivity index (χ0) is 10.4. The molecule has 0 aliphatic heterocycles. The lowest BCUT2D eigenvalue weighted by atomic mass is 9.72. The molecule has 0 bridgehead atoms. The third kappa shape index (κ3) is 2.70. The first-order valence-electron chi connectivity index (χ1n) is 5.91. The maximum atomic E-state index is 11.0. The lowest BCUT2D eigenvalue weighted by Gasteiger charge is -2.32. The van der Waals surface area contributed by atoms with E-state index in [0.29, 0.717) is 11.8 Å². The Bertz CT molecular complexity index is 195. The molecule has 80 valence electrons. The SMILES string of the molecule is C/C=C/C1CCCCC1C(C=O)CC. The van der Waals surface area contributed by atoms with E-state index in [0.717, 1.165) is 6.42 Å². The molecule has 0 aromatic rings. The summed E-state index contributed by atoms with van der Waals surface area (Å²) in [6, 6.07) is 0. The maximum Gasteiger partial charge on any atom is 0.123 e.